The van der Waals surface area contributed by atoms with Gasteiger partial charge < -0.3 is 20.1 Å². The Morgan fingerprint density at radius 1 is 0.917 bits per heavy atom. The molecule has 12 heteroatoms. The molecule has 0 aromatic heterocycles. The fourth-order valence-electron chi connectivity index (χ4n) is 0. The van der Waals surface area contributed by atoms with Crippen LogP contribution >= 0.6 is 0 Å². The molecule has 9 nitrogen and oxygen atoms in total. The van der Waals surface area contributed by atoms with Crippen LogP contribution in [0.25, 0.3) is 0 Å². The fraction of sp³-hybridized carbons (Fsp3) is 0. The molecule has 0 aliphatic rings. The monoisotopic (exact) mass is 252 g/mol. The molecule has 0 aromatic rings. The fourth-order valence-corrected chi connectivity index (χ4v) is 0. The molecule has 0 saturated carbocycles. The van der Waals surface area contributed by atoms with Crippen LogP contribution in [0.15, 0.2) is 0 Å². The third-order valence-electron chi connectivity index (χ3n) is 0. The minimum Gasteiger partial charge on any atom is -0.759 e. The van der Waals surface area contributed by atoms with Gasteiger partial charge >= 0.3 is 48.3 Å². The van der Waals surface area contributed by atoms with Gasteiger partial charge in [-0.1, -0.05) is 0 Å². The van der Waals surface area contributed by atoms with Crippen LogP contribution < -0.4 is 0 Å². The minimum absolute atomic E-state index is 0. The average Bonchev–Trinajstić information content (AvgIpc) is 1.19. The molecule has 0 fully saturated rings. The second-order valence-electron chi connectivity index (χ2n) is 0.612. The largest absolute Gasteiger partial charge is 2.00 e. The van der Waals surface area contributed by atoms with Gasteiger partial charge in [0.1, 0.15) is 0 Å². The van der Waals surface area contributed by atoms with Crippen LogP contribution in [-0.4, -0.2) is 78.8 Å². The van der Waals surface area contributed by atoms with Gasteiger partial charge in [-0.3, -0.25) is 8.42 Å². The summed E-state index contributed by atoms with van der Waals surface area (Å²) in [5.41, 5.74) is 0. The summed E-state index contributed by atoms with van der Waals surface area (Å²) in [5.74, 6) is 0. The van der Waals surface area contributed by atoms with E-state index in [0.29, 0.717) is 0 Å². The maximum Gasteiger partial charge on any atom is 2.00 e. The molecule has 4 N–H and O–H groups in total. The molecular weight excluding hydrogens is 248 g/mol. The minimum atomic E-state index is -5.17. The van der Waals surface area contributed by atoms with Crippen LogP contribution in [0.3, 0.4) is 0 Å². The molecule has 0 heterocycles. The number of hydrogen-bond acceptors (Lipinski definition) is 7. The predicted molar refractivity (Wildman–Crippen MR) is 33.2 cm³/mol. The SMILES string of the molecule is O.O.O=S(=O)([O-])[O-].O=S(=O)=O.[Ca+2]. The normalized spacial score (nSPS) is 6.83. The molecule has 0 amide bonds. The molecule has 72 valence electrons. The third-order valence-corrected chi connectivity index (χ3v) is 0. The summed E-state index contributed by atoms with van der Waals surface area (Å²) < 4.78 is 59.4. The Kier molecular flexibility index (Phi) is 34.7. The van der Waals surface area contributed by atoms with E-state index in [2.05, 4.69) is 0 Å². The summed E-state index contributed by atoms with van der Waals surface area (Å²) in [6, 6.07) is 0. The van der Waals surface area contributed by atoms with Gasteiger partial charge in [0.05, 0.1) is 0 Å². The Hall–Kier alpha value is 0.670. The average molecular weight is 252 g/mol. The Balaban J connectivity index is -0.0000000221. The molecule has 0 aliphatic carbocycles. The van der Waals surface area contributed by atoms with Crippen molar-refractivity contribution in [1.82, 2.24) is 0 Å². The summed E-state index contributed by atoms with van der Waals surface area (Å²) in [6.07, 6.45) is 0. The van der Waals surface area contributed by atoms with Crippen molar-refractivity contribution in [2.75, 3.05) is 0 Å². The molecule has 0 aliphatic heterocycles. The maximum absolute atomic E-state index is 8.52. The van der Waals surface area contributed by atoms with Crippen molar-refractivity contribution in [3.05, 3.63) is 0 Å². The zero-order valence-corrected chi connectivity index (χ0v) is 9.22. The van der Waals surface area contributed by atoms with E-state index >= 15 is 0 Å². The van der Waals surface area contributed by atoms with Gasteiger partial charge in [0.15, 0.2) is 0 Å². The van der Waals surface area contributed by atoms with Crippen LogP contribution in [0.4, 0.5) is 0 Å². The van der Waals surface area contributed by atoms with E-state index < -0.39 is 21.0 Å². The molecule has 12 heavy (non-hydrogen) atoms. The van der Waals surface area contributed by atoms with Gasteiger partial charge in [0.2, 0.25) is 0 Å². The molecule has 0 bridgehead atoms. The van der Waals surface area contributed by atoms with E-state index in [1.807, 2.05) is 0 Å². The molecular formula is H4CaO9S2. The first-order valence-electron chi connectivity index (χ1n) is 1.17. The topological polar surface area (TPSA) is 194 Å². The van der Waals surface area contributed by atoms with Crippen LogP contribution in [0.1, 0.15) is 0 Å². The number of rotatable bonds is 0. The first-order chi connectivity index (χ1) is 3.73. The van der Waals surface area contributed by atoms with E-state index in [-0.39, 0.29) is 48.7 Å². The van der Waals surface area contributed by atoms with Crippen LogP contribution in [0.5, 0.6) is 0 Å². The Morgan fingerprint density at radius 3 is 0.917 bits per heavy atom. The molecule has 0 atom stereocenters. The zero-order valence-electron chi connectivity index (χ0n) is 5.38. The van der Waals surface area contributed by atoms with Crippen molar-refractivity contribution in [3.8, 4) is 0 Å². The van der Waals surface area contributed by atoms with Gasteiger partial charge in [0, 0.05) is 10.4 Å². The predicted octanol–water partition coefficient (Wildman–Crippen LogP) is -4.37. The van der Waals surface area contributed by atoms with E-state index in [1.54, 1.807) is 0 Å². The quantitative estimate of drug-likeness (QED) is 0.235. The van der Waals surface area contributed by atoms with E-state index in [4.69, 9.17) is 30.1 Å². The Morgan fingerprint density at radius 2 is 0.917 bits per heavy atom. The van der Waals surface area contributed by atoms with Crippen molar-refractivity contribution in [1.29, 1.82) is 0 Å². The van der Waals surface area contributed by atoms with Crippen molar-refractivity contribution < 1.29 is 41.1 Å². The summed E-state index contributed by atoms with van der Waals surface area (Å²) >= 11 is 0. The first-order valence-corrected chi connectivity index (χ1v) is 3.50. The van der Waals surface area contributed by atoms with Crippen LogP contribution in [-0.2, 0) is 21.0 Å². The van der Waals surface area contributed by atoms with E-state index in [0.717, 1.165) is 0 Å². The van der Waals surface area contributed by atoms with Crippen molar-refractivity contribution in [3.63, 3.8) is 0 Å². The van der Waals surface area contributed by atoms with Gasteiger partial charge in [-0.25, -0.2) is 0 Å². The Bertz CT molecular complexity index is 225. The number of hydrogen-bond donors (Lipinski definition) is 0. The van der Waals surface area contributed by atoms with E-state index in [9.17, 15) is 0 Å². The second kappa shape index (κ2) is 14.2. The molecule has 0 saturated heterocycles. The molecule has 0 unspecified atom stereocenters. The van der Waals surface area contributed by atoms with Crippen molar-refractivity contribution in [2.45, 2.75) is 0 Å². The van der Waals surface area contributed by atoms with Crippen molar-refractivity contribution in [2.24, 2.45) is 0 Å². The Labute approximate surface area is 99.0 Å². The van der Waals surface area contributed by atoms with E-state index in [1.165, 1.54) is 0 Å². The maximum atomic E-state index is 8.52. The molecule has 0 radical (unpaired) electrons. The smallest absolute Gasteiger partial charge is 0.759 e. The van der Waals surface area contributed by atoms with Gasteiger partial charge in [-0.15, -0.1) is 12.6 Å². The third kappa shape index (κ3) is 2220. The summed E-state index contributed by atoms with van der Waals surface area (Å²) in [6.45, 7) is 0. The van der Waals surface area contributed by atoms with Gasteiger partial charge in [-0.2, -0.15) is 0 Å². The second-order valence-corrected chi connectivity index (χ2v) is 1.84. The summed E-state index contributed by atoms with van der Waals surface area (Å²) in [5, 5.41) is 0. The van der Waals surface area contributed by atoms with Crippen LogP contribution in [0.2, 0.25) is 0 Å². The molecule has 0 aromatic carbocycles. The van der Waals surface area contributed by atoms with Gasteiger partial charge in [-0.05, 0) is 0 Å². The van der Waals surface area contributed by atoms with Gasteiger partial charge in [0.25, 0.3) is 0 Å². The molecule has 0 spiro atoms. The first kappa shape index (κ1) is 29.3. The molecule has 0 rings (SSSR count). The van der Waals surface area contributed by atoms with Crippen LogP contribution in [0, 0.1) is 0 Å². The summed E-state index contributed by atoms with van der Waals surface area (Å²) in [4.78, 5) is 0. The zero-order chi connectivity index (χ0) is 8.08. The summed E-state index contributed by atoms with van der Waals surface area (Å²) in [7, 11) is -8.28. The standard InChI is InChI=1S/Ca.H2O4S.O3S.2H2O/c;1-5(2,3)4;1-4(2)3;;/h;(H2,1,2,3,4);;2*1H2/q+2;;;;/p-2. The van der Waals surface area contributed by atoms with Crippen molar-refractivity contribution >= 4 is 58.7 Å².